The first-order chi connectivity index (χ1) is 7.99. The van der Waals surface area contributed by atoms with E-state index in [1.54, 1.807) is 14.1 Å². The van der Waals surface area contributed by atoms with Crippen LogP contribution in [0.25, 0.3) is 0 Å². The molecule has 0 saturated carbocycles. The van der Waals surface area contributed by atoms with Crippen molar-refractivity contribution in [1.29, 1.82) is 0 Å². The minimum Gasteiger partial charge on any atom is -0.373 e. The molecule has 0 amide bonds. The molecule has 1 rings (SSSR count). The van der Waals surface area contributed by atoms with Gasteiger partial charge in [0.1, 0.15) is 17.5 Å². The molecule has 0 aliphatic carbocycles. The van der Waals surface area contributed by atoms with Crippen LogP contribution >= 0.6 is 0 Å². The quantitative estimate of drug-likeness (QED) is 0.861. The average molecular weight is 244 g/mol. The van der Waals surface area contributed by atoms with E-state index in [-0.39, 0.29) is 6.54 Å². The predicted octanol–water partition coefficient (Wildman–Crippen LogP) is 2.09. The Morgan fingerprint density at radius 2 is 2.00 bits per heavy atom. The average Bonchev–Trinajstić information content (AvgIpc) is 2.28. The summed E-state index contributed by atoms with van der Waals surface area (Å²) in [5.41, 5.74) is 0.785. The van der Waals surface area contributed by atoms with Gasteiger partial charge in [0, 0.05) is 26.1 Å². The molecule has 17 heavy (non-hydrogen) atoms. The molecule has 1 heterocycles. The molecule has 6 heteroatoms. The van der Waals surface area contributed by atoms with E-state index < -0.39 is 6.43 Å². The summed E-state index contributed by atoms with van der Waals surface area (Å²) in [5.74, 6) is 1.89. The lowest BCUT2D eigenvalue weighted by atomic mass is 10.2. The Morgan fingerprint density at radius 1 is 1.35 bits per heavy atom. The van der Waals surface area contributed by atoms with E-state index >= 15 is 0 Å². The molecule has 1 aromatic heterocycles. The first-order valence-corrected chi connectivity index (χ1v) is 5.54. The molecular weight excluding hydrogens is 226 g/mol. The minimum atomic E-state index is -2.38. The van der Waals surface area contributed by atoms with Gasteiger partial charge in [-0.15, -0.1) is 0 Å². The number of anilines is 2. The molecule has 0 saturated heterocycles. The maximum absolute atomic E-state index is 12.4. The second kappa shape index (κ2) is 5.75. The Kier molecular flexibility index (Phi) is 4.60. The van der Waals surface area contributed by atoms with Gasteiger partial charge in [0.25, 0.3) is 6.43 Å². The minimum absolute atomic E-state index is 0.329. The molecule has 0 atom stereocenters. The molecule has 0 bridgehead atoms. The molecule has 0 fully saturated rings. The fraction of sp³-hybridized carbons (Fsp3) is 0.636. The van der Waals surface area contributed by atoms with Crippen molar-refractivity contribution in [3.8, 4) is 0 Å². The molecule has 0 aliphatic rings. The van der Waals surface area contributed by atoms with E-state index in [1.807, 2.05) is 13.8 Å². The highest BCUT2D eigenvalue weighted by Crippen LogP contribution is 2.23. The van der Waals surface area contributed by atoms with Crippen molar-refractivity contribution in [2.45, 2.75) is 26.7 Å². The van der Waals surface area contributed by atoms with E-state index in [2.05, 4.69) is 15.3 Å². The number of aryl methyl sites for hydroxylation is 1. The van der Waals surface area contributed by atoms with Gasteiger partial charge in [-0.3, -0.25) is 0 Å². The van der Waals surface area contributed by atoms with Crippen LogP contribution in [0.4, 0.5) is 20.4 Å². The molecule has 1 aromatic rings. The number of nitrogens with one attached hydrogen (secondary N) is 1. The molecule has 0 radical (unpaired) electrons. The summed E-state index contributed by atoms with van der Waals surface area (Å²) < 4.78 is 24.7. The van der Waals surface area contributed by atoms with Crippen LogP contribution in [0.15, 0.2) is 0 Å². The van der Waals surface area contributed by atoms with Crippen LogP contribution in [0.5, 0.6) is 0 Å². The number of rotatable bonds is 5. The Hall–Kier alpha value is -1.46. The van der Waals surface area contributed by atoms with Crippen molar-refractivity contribution < 1.29 is 8.78 Å². The summed E-state index contributed by atoms with van der Waals surface area (Å²) in [7, 11) is 3.37. The maximum Gasteiger partial charge on any atom is 0.255 e. The van der Waals surface area contributed by atoms with E-state index in [9.17, 15) is 8.78 Å². The number of halogens is 2. The zero-order chi connectivity index (χ0) is 13.0. The van der Waals surface area contributed by atoms with Gasteiger partial charge in [-0.05, 0) is 6.92 Å². The van der Waals surface area contributed by atoms with E-state index in [1.165, 1.54) is 4.90 Å². The maximum atomic E-state index is 12.4. The second-order valence-corrected chi connectivity index (χ2v) is 3.81. The number of hydrogen-bond acceptors (Lipinski definition) is 4. The third-order valence-corrected chi connectivity index (χ3v) is 2.49. The first-order valence-electron chi connectivity index (χ1n) is 5.54. The van der Waals surface area contributed by atoms with Gasteiger partial charge in [-0.2, -0.15) is 0 Å². The Bertz CT molecular complexity index is 382. The van der Waals surface area contributed by atoms with Crippen molar-refractivity contribution in [2.75, 3.05) is 30.9 Å². The highest BCUT2D eigenvalue weighted by atomic mass is 19.3. The molecule has 0 aromatic carbocycles. The zero-order valence-corrected chi connectivity index (χ0v) is 10.6. The molecule has 0 aliphatic heterocycles. The van der Waals surface area contributed by atoms with Gasteiger partial charge >= 0.3 is 0 Å². The van der Waals surface area contributed by atoms with Crippen molar-refractivity contribution >= 4 is 11.6 Å². The van der Waals surface area contributed by atoms with Crippen LogP contribution in [0.1, 0.15) is 18.3 Å². The van der Waals surface area contributed by atoms with Crippen LogP contribution in [-0.4, -0.2) is 37.0 Å². The van der Waals surface area contributed by atoms with Gasteiger partial charge in [0.05, 0.1) is 6.54 Å². The zero-order valence-electron chi connectivity index (χ0n) is 10.6. The lowest BCUT2D eigenvalue weighted by Gasteiger charge is -2.21. The predicted molar refractivity (Wildman–Crippen MR) is 65.0 cm³/mol. The SMILES string of the molecule is CCc1nc(NC)c(C)c(N(C)CC(F)F)n1. The van der Waals surface area contributed by atoms with Crippen molar-refractivity contribution in [3.05, 3.63) is 11.4 Å². The standard InChI is InChI=1S/C11H18F2N4/c1-5-9-15-10(14-3)7(2)11(16-9)17(4)6-8(12)13/h8H,5-6H2,1-4H3,(H,14,15,16). The first kappa shape index (κ1) is 13.6. The van der Waals surface area contributed by atoms with Crippen LogP contribution in [0.2, 0.25) is 0 Å². The number of alkyl halides is 2. The van der Waals surface area contributed by atoms with E-state index in [4.69, 9.17) is 0 Å². The summed E-state index contributed by atoms with van der Waals surface area (Å²) in [6.07, 6.45) is -1.71. The third kappa shape index (κ3) is 3.25. The topological polar surface area (TPSA) is 41.1 Å². The van der Waals surface area contributed by atoms with Crippen LogP contribution in [-0.2, 0) is 6.42 Å². The Morgan fingerprint density at radius 3 is 2.47 bits per heavy atom. The van der Waals surface area contributed by atoms with Gasteiger partial charge in [0.15, 0.2) is 0 Å². The smallest absolute Gasteiger partial charge is 0.255 e. The number of nitrogens with zero attached hydrogens (tertiary/aromatic N) is 3. The van der Waals surface area contributed by atoms with Gasteiger partial charge in [-0.25, -0.2) is 18.7 Å². The second-order valence-electron chi connectivity index (χ2n) is 3.81. The summed E-state index contributed by atoms with van der Waals surface area (Å²) in [5, 5.41) is 2.95. The molecule has 1 N–H and O–H groups in total. The fourth-order valence-electron chi connectivity index (χ4n) is 1.62. The molecule has 96 valence electrons. The summed E-state index contributed by atoms with van der Waals surface area (Å²) in [4.78, 5) is 10.0. The van der Waals surface area contributed by atoms with Crippen LogP contribution < -0.4 is 10.2 Å². The monoisotopic (exact) mass is 244 g/mol. The number of aromatic nitrogens is 2. The Balaban J connectivity index is 3.12. The van der Waals surface area contributed by atoms with Gasteiger partial charge in [-0.1, -0.05) is 6.92 Å². The Labute approximate surface area is 100 Å². The molecule has 4 nitrogen and oxygen atoms in total. The van der Waals surface area contributed by atoms with Crippen LogP contribution in [0, 0.1) is 6.92 Å². The summed E-state index contributed by atoms with van der Waals surface area (Å²) >= 11 is 0. The van der Waals surface area contributed by atoms with Crippen molar-refractivity contribution in [2.24, 2.45) is 0 Å². The summed E-state index contributed by atoms with van der Waals surface area (Å²) in [6, 6.07) is 0. The normalized spacial score (nSPS) is 10.8. The highest BCUT2D eigenvalue weighted by molar-refractivity contribution is 5.58. The largest absolute Gasteiger partial charge is 0.373 e. The fourth-order valence-corrected chi connectivity index (χ4v) is 1.62. The van der Waals surface area contributed by atoms with Crippen LogP contribution in [0.3, 0.4) is 0 Å². The van der Waals surface area contributed by atoms with E-state index in [0.717, 1.165) is 5.56 Å². The number of hydrogen-bond donors (Lipinski definition) is 1. The van der Waals surface area contributed by atoms with Gasteiger partial charge < -0.3 is 10.2 Å². The van der Waals surface area contributed by atoms with Crippen molar-refractivity contribution in [3.63, 3.8) is 0 Å². The molecular formula is C11H18F2N4. The summed E-state index contributed by atoms with van der Waals surface area (Å²) in [6.45, 7) is 3.42. The third-order valence-electron chi connectivity index (χ3n) is 2.49. The lowest BCUT2D eigenvalue weighted by Crippen LogP contribution is -2.26. The lowest BCUT2D eigenvalue weighted by molar-refractivity contribution is 0.156. The van der Waals surface area contributed by atoms with Crippen molar-refractivity contribution in [1.82, 2.24) is 9.97 Å². The van der Waals surface area contributed by atoms with Gasteiger partial charge in [0.2, 0.25) is 0 Å². The highest BCUT2D eigenvalue weighted by Gasteiger charge is 2.15. The molecule has 0 spiro atoms. The van der Waals surface area contributed by atoms with E-state index in [0.29, 0.717) is 23.9 Å². The molecule has 0 unspecified atom stereocenters.